The molecule has 0 amide bonds. The number of esters is 1. The summed E-state index contributed by atoms with van der Waals surface area (Å²) in [6.07, 6.45) is 3.25. The average Bonchev–Trinajstić information content (AvgIpc) is 2.92. The van der Waals surface area contributed by atoms with Gasteiger partial charge in [-0.1, -0.05) is 66.4 Å². The predicted molar refractivity (Wildman–Crippen MR) is 141 cm³/mol. The van der Waals surface area contributed by atoms with Crippen LogP contribution in [0.5, 0.6) is 0 Å². The van der Waals surface area contributed by atoms with Gasteiger partial charge < -0.3 is 15.0 Å². The van der Waals surface area contributed by atoms with Crippen molar-refractivity contribution in [2.24, 2.45) is 0 Å². The highest BCUT2D eigenvalue weighted by Crippen LogP contribution is 2.42. The first-order valence-electron chi connectivity index (χ1n) is 11.7. The average molecular weight is 515 g/mol. The van der Waals surface area contributed by atoms with E-state index in [0.29, 0.717) is 33.4 Å². The van der Waals surface area contributed by atoms with Gasteiger partial charge in [-0.3, -0.25) is 9.78 Å². The number of anilines is 1. The second kappa shape index (κ2) is 10.8. The number of benzene rings is 2. The number of aromatic nitrogens is 3. The normalized spacial score (nSPS) is 14.6. The van der Waals surface area contributed by atoms with Crippen molar-refractivity contribution in [3.8, 4) is 0 Å². The molecule has 9 heteroatoms. The van der Waals surface area contributed by atoms with E-state index in [4.69, 9.17) is 4.74 Å². The lowest BCUT2D eigenvalue weighted by molar-refractivity contribution is -0.138. The fourth-order valence-electron chi connectivity index (χ4n) is 4.27. The summed E-state index contributed by atoms with van der Waals surface area (Å²) in [6, 6.07) is 19.4. The number of nitrogens with one attached hydrogen (secondary N) is 2. The van der Waals surface area contributed by atoms with Crippen molar-refractivity contribution in [1.29, 1.82) is 0 Å². The third kappa shape index (κ3) is 5.03. The molecule has 7 nitrogen and oxygen atoms in total. The highest BCUT2D eigenvalue weighted by atomic mass is 32.2. The Morgan fingerprint density at radius 1 is 1.08 bits per heavy atom. The summed E-state index contributed by atoms with van der Waals surface area (Å²) in [4.78, 5) is 38.5. The molecule has 1 atom stereocenters. The molecule has 2 aromatic heterocycles. The molecule has 3 heterocycles. The lowest BCUT2D eigenvalue weighted by Crippen LogP contribution is -2.31. The Morgan fingerprint density at radius 3 is 2.59 bits per heavy atom. The molecular weight excluding hydrogens is 491 g/mol. The number of thioether (sulfide) groups is 1. The molecule has 186 valence electrons. The maximum atomic E-state index is 14.1. The van der Waals surface area contributed by atoms with E-state index in [9.17, 15) is 14.0 Å². The molecule has 1 unspecified atom stereocenters. The summed E-state index contributed by atoms with van der Waals surface area (Å²) in [5.74, 6) is -1.01. The van der Waals surface area contributed by atoms with Gasteiger partial charge in [-0.15, -0.1) is 0 Å². The minimum atomic E-state index is -0.763. The highest BCUT2D eigenvalue weighted by Gasteiger charge is 2.38. The monoisotopic (exact) mass is 514 g/mol. The molecule has 5 rings (SSSR count). The number of ether oxygens (including phenoxy) is 1. The molecule has 0 spiro atoms. The number of pyridine rings is 1. The van der Waals surface area contributed by atoms with Crippen LogP contribution in [-0.2, 0) is 15.3 Å². The third-order valence-corrected chi connectivity index (χ3v) is 6.84. The minimum absolute atomic E-state index is 0.178. The van der Waals surface area contributed by atoms with Crippen molar-refractivity contribution >= 4 is 29.2 Å². The zero-order valence-electron chi connectivity index (χ0n) is 19.9. The van der Waals surface area contributed by atoms with Crippen molar-refractivity contribution in [2.45, 2.75) is 23.8 Å². The number of aromatic amines is 1. The van der Waals surface area contributed by atoms with Gasteiger partial charge in [-0.2, -0.15) is 0 Å². The number of H-pyrrole nitrogens is 1. The van der Waals surface area contributed by atoms with Gasteiger partial charge in [0.05, 0.1) is 29.4 Å². The van der Waals surface area contributed by atoms with Crippen LogP contribution in [-0.4, -0.2) is 27.5 Å². The van der Waals surface area contributed by atoms with E-state index in [1.54, 1.807) is 43.6 Å². The zero-order chi connectivity index (χ0) is 25.8. The summed E-state index contributed by atoms with van der Waals surface area (Å²) in [7, 11) is 0. The van der Waals surface area contributed by atoms with Crippen LogP contribution in [0.4, 0.5) is 10.2 Å². The molecular formula is C28H23FN4O3S. The van der Waals surface area contributed by atoms with Crippen molar-refractivity contribution in [3.63, 3.8) is 0 Å². The van der Waals surface area contributed by atoms with E-state index >= 15 is 0 Å². The van der Waals surface area contributed by atoms with Crippen LogP contribution < -0.4 is 10.9 Å². The molecule has 2 aromatic carbocycles. The van der Waals surface area contributed by atoms with E-state index in [-0.39, 0.29) is 23.7 Å². The molecule has 1 aliphatic heterocycles. The summed E-state index contributed by atoms with van der Waals surface area (Å²) in [5, 5.41) is 3.56. The quantitative estimate of drug-likeness (QED) is 0.201. The van der Waals surface area contributed by atoms with Crippen molar-refractivity contribution in [3.05, 3.63) is 123 Å². The Kier molecular flexibility index (Phi) is 7.14. The fourth-order valence-corrected chi connectivity index (χ4v) is 5.12. The van der Waals surface area contributed by atoms with Gasteiger partial charge in [0, 0.05) is 18.1 Å². The standard InChI is InChI=1S/C28H23FN4O3S/c1-2-36-27(35)22-21(18-12-8-14-30-15-18)23-25(31-24(22)17-9-4-3-5-10-17)32-28(33-26(23)34)37-16-19-11-6-7-13-20(19)29/h3-15,21H,2,16H2,1H3,(H2,31,32,33,34). The van der Waals surface area contributed by atoms with Crippen LogP contribution in [0.15, 0.2) is 94.6 Å². The maximum Gasteiger partial charge on any atom is 0.337 e. The van der Waals surface area contributed by atoms with Gasteiger partial charge in [0.25, 0.3) is 5.56 Å². The van der Waals surface area contributed by atoms with Gasteiger partial charge in [0.15, 0.2) is 5.16 Å². The molecule has 0 aliphatic carbocycles. The van der Waals surface area contributed by atoms with E-state index < -0.39 is 17.4 Å². The molecule has 0 bridgehead atoms. The number of nitrogens with zero attached hydrogens (tertiary/aromatic N) is 2. The van der Waals surface area contributed by atoms with Crippen molar-refractivity contribution < 1.29 is 13.9 Å². The van der Waals surface area contributed by atoms with Crippen LogP contribution in [0.2, 0.25) is 0 Å². The van der Waals surface area contributed by atoms with Gasteiger partial charge in [-0.25, -0.2) is 14.2 Å². The zero-order valence-corrected chi connectivity index (χ0v) is 20.7. The number of carbonyl (C=O) groups is 1. The largest absolute Gasteiger partial charge is 0.463 e. The van der Waals surface area contributed by atoms with Crippen molar-refractivity contribution in [2.75, 3.05) is 11.9 Å². The SMILES string of the molecule is CCOC(=O)C1=C(c2ccccc2)Nc2nc(SCc3ccccc3F)[nH]c(=O)c2C1c1cccnc1. The molecule has 0 radical (unpaired) electrons. The Morgan fingerprint density at radius 2 is 1.86 bits per heavy atom. The molecule has 0 saturated carbocycles. The lowest BCUT2D eigenvalue weighted by atomic mass is 9.81. The van der Waals surface area contributed by atoms with Gasteiger partial charge in [0.2, 0.25) is 0 Å². The van der Waals surface area contributed by atoms with Crippen LogP contribution in [0.25, 0.3) is 5.70 Å². The number of rotatable bonds is 7. The second-order valence-corrected chi connectivity index (χ2v) is 9.20. The summed E-state index contributed by atoms with van der Waals surface area (Å²) < 4.78 is 19.6. The molecule has 0 fully saturated rings. The third-order valence-electron chi connectivity index (χ3n) is 5.92. The van der Waals surface area contributed by atoms with Gasteiger partial charge in [-0.05, 0) is 35.7 Å². The molecule has 1 aliphatic rings. The molecule has 4 aromatic rings. The molecule has 0 saturated heterocycles. The van der Waals surface area contributed by atoms with Crippen molar-refractivity contribution in [1.82, 2.24) is 15.0 Å². The van der Waals surface area contributed by atoms with Crippen LogP contribution in [0.1, 0.15) is 35.1 Å². The number of halogens is 1. The Bertz CT molecular complexity index is 1520. The Hall–Kier alpha value is -4.24. The summed E-state index contributed by atoms with van der Waals surface area (Å²) >= 11 is 1.22. The summed E-state index contributed by atoms with van der Waals surface area (Å²) in [5.41, 5.74) is 2.58. The smallest absolute Gasteiger partial charge is 0.337 e. The number of hydrogen-bond acceptors (Lipinski definition) is 7. The second-order valence-electron chi connectivity index (χ2n) is 8.23. The van der Waals surface area contributed by atoms with E-state index in [1.807, 2.05) is 36.4 Å². The Labute approximate surface area is 216 Å². The first-order chi connectivity index (χ1) is 18.1. The molecule has 2 N–H and O–H groups in total. The first kappa shape index (κ1) is 24.5. The maximum absolute atomic E-state index is 14.1. The van der Waals surface area contributed by atoms with E-state index in [1.165, 1.54) is 17.8 Å². The van der Waals surface area contributed by atoms with Crippen LogP contribution in [0.3, 0.4) is 0 Å². The van der Waals surface area contributed by atoms with Crippen LogP contribution in [0, 0.1) is 5.82 Å². The van der Waals surface area contributed by atoms with E-state index in [0.717, 1.165) is 5.56 Å². The number of carbonyl (C=O) groups excluding carboxylic acids is 1. The highest BCUT2D eigenvalue weighted by molar-refractivity contribution is 7.98. The first-order valence-corrected chi connectivity index (χ1v) is 12.7. The van der Waals surface area contributed by atoms with Gasteiger partial charge >= 0.3 is 5.97 Å². The Balaban J connectivity index is 1.65. The summed E-state index contributed by atoms with van der Waals surface area (Å²) in [6.45, 7) is 1.91. The predicted octanol–water partition coefficient (Wildman–Crippen LogP) is 5.13. The minimum Gasteiger partial charge on any atom is -0.463 e. The lowest BCUT2D eigenvalue weighted by Gasteiger charge is -2.30. The number of hydrogen-bond donors (Lipinski definition) is 2. The van der Waals surface area contributed by atoms with Gasteiger partial charge in [0.1, 0.15) is 11.6 Å². The molecule has 37 heavy (non-hydrogen) atoms. The topological polar surface area (TPSA) is 97.0 Å². The number of fused-ring (bicyclic) bond motifs is 1. The van der Waals surface area contributed by atoms with E-state index in [2.05, 4.69) is 20.3 Å². The van der Waals surface area contributed by atoms with Crippen LogP contribution >= 0.6 is 11.8 Å². The fraction of sp³-hybridized carbons (Fsp3) is 0.143.